The fraction of sp³-hybridized carbons (Fsp3) is 0.120. The molecule has 0 unspecified atom stereocenters. The molecule has 0 bridgehead atoms. The van der Waals surface area contributed by atoms with Crippen molar-refractivity contribution in [3.05, 3.63) is 187 Å². The molecule has 0 N–H and O–H groups in total. The Balaban J connectivity index is 1.25. The van der Waals surface area contributed by atoms with Crippen LogP contribution >= 0.6 is 0 Å². The van der Waals surface area contributed by atoms with Crippen molar-refractivity contribution < 1.29 is 4.39 Å². The van der Waals surface area contributed by atoms with Crippen molar-refractivity contribution in [1.82, 2.24) is 0 Å². The van der Waals surface area contributed by atoms with E-state index < -0.39 is 8.07 Å². The Morgan fingerprint density at radius 3 is 1.80 bits per heavy atom. The normalized spacial score (nSPS) is 13.1. The Morgan fingerprint density at radius 1 is 0.463 bits per heavy atom. The van der Waals surface area contributed by atoms with Gasteiger partial charge in [0.15, 0.2) is 0 Å². The highest BCUT2D eigenvalue weighted by atomic mass is 28.3. The van der Waals surface area contributed by atoms with E-state index in [1.165, 1.54) is 55.1 Å². The highest BCUT2D eigenvalue weighted by Crippen LogP contribution is 2.56. The summed E-state index contributed by atoms with van der Waals surface area (Å²) in [5.41, 5.74) is 11.0. The average molecular weight is 719 g/mol. The lowest BCUT2D eigenvalue weighted by Gasteiger charge is -2.31. The Morgan fingerprint density at radius 2 is 1.06 bits per heavy atom. The van der Waals surface area contributed by atoms with Crippen molar-refractivity contribution in [2.45, 2.75) is 38.9 Å². The van der Waals surface area contributed by atoms with Crippen LogP contribution in [0.4, 0.5) is 38.5 Å². The van der Waals surface area contributed by atoms with E-state index in [4.69, 9.17) is 0 Å². The molecule has 0 amide bonds. The summed E-state index contributed by atoms with van der Waals surface area (Å²) in [6.45, 7) is 11.8. The van der Waals surface area contributed by atoms with E-state index in [1.807, 2.05) is 6.07 Å². The molecule has 8 aromatic carbocycles. The minimum absolute atomic E-state index is 0.252. The number of benzene rings is 8. The second kappa shape index (κ2) is 12.9. The maximum Gasteiger partial charge on any atom is 0.125 e. The van der Waals surface area contributed by atoms with Crippen LogP contribution in [0.15, 0.2) is 170 Å². The molecule has 0 fully saturated rings. The molecular formula is C50H43FN2Si. The molecule has 9 rings (SSSR count). The van der Waals surface area contributed by atoms with Gasteiger partial charge in [0.25, 0.3) is 0 Å². The first-order valence-corrected chi connectivity index (χ1v) is 22.3. The molecule has 0 saturated heterocycles. The van der Waals surface area contributed by atoms with E-state index in [0.29, 0.717) is 0 Å². The fourth-order valence-corrected chi connectivity index (χ4v) is 9.60. The van der Waals surface area contributed by atoms with Crippen molar-refractivity contribution in [1.29, 1.82) is 0 Å². The summed E-state index contributed by atoms with van der Waals surface area (Å²) in [6, 6.07) is 59.9. The van der Waals surface area contributed by atoms with Gasteiger partial charge in [0.2, 0.25) is 0 Å². The fourth-order valence-electron chi connectivity index (χ4n) is 8.44. The summed E-state index contributed by atoms with van der Waals surface area (Å²) < 4.78 is 14.9. The first kappa shape index (κ1) is 33.8. The zero-order valence-electron chi connectivity index (χ0n) is 31.4. The third-order valence-electron chi connectivity index (χ3n) is 11.2. The molecule has 8 aromatic rings. The Bertz CT molecular complexity index is 2690. The topological polar surface area (TPSA) is 6.48 Å². The van der Waals surface area contributed by atoms with Crippen LogP contribution in [-0.4, -0.2) is 8.07 Å². The van der Waals surface area contributed by atoms with Crippen LogP contribution in [0.25, 0.3) is 32.7 Å². The van der Waals surface area contributed by atoms with Gasteiger partial charge in [0.1, 0.15) is 5.82 Å². The minimum atomic E-state index is -1.50. The van der Waals surface area contributed by atoms with Gasteiger partial charge >= 0.3 is 0 Å². The maximum absolute atomic E-state index is 14.9. The number of hydrogen-bond acceptors (Lipinski definition) is 2. The number of hydrogen-bond donors (Lipinski definition) is 0. The molecule has 0 heterocycles. The summed E-state index contributed by atoms with van der Waals surface area (Å²) in [7, 11) is -1.50. The summed E-state index contributed by atoms with van der Waals surface area (Å²) >= 11 is 0. The first-order valence-electron chi connectivity index (χ1n) is 18.8. The van der Waals surface area contributed by atoms with Crippen LogP contribution in [0, 0.1) is 5.82 Å². The number of halogens is 1. The van der Waals surface area contributed by atoms with Gasteiger partial charge in [-0.15, -0.1) is 0 Å². The van der Waals surface area contributed by atoms with Gasteiger partial charge in [-0.25, -0.2) is 4.39 Å². The van der Waals surface area contributed by atoms with E-state index in [9.17, 15) is 4.39 Å². The molecular weight excluding hydrogens is 676 g/mol. The van der Waals surface area contributed by atoms with Gasteiger partial charge in [-0.05, 0) is 99.8 Å². The smallest absolute Gasteiger partial charge is 0.125 e. The largest absolute Gasteiger partial charge is 0.310 e. The van der Waals surface area contributed by atoms with E-state index in [0.717, 1.165) is 34.1 Å². The molecule has 0 aromatic heterocycles. The van der Waals surface area contributed by atoms with Crippen LogP contribution in [-0.2, 0) is 5.41 Å². The van der Waals surface area contributed by atoms with Crippen molar-refractivity contribution in [3.63, 3.8) is 0 Å². The number of nitrogens with zero attached hydrogens (tertiary/aromatic N) is 2. The number of para-hydroxylation sites is 1. The predicted octanol–water partition coefficient (Wildman–Crippen LogP) is 13.9. The lowest BCUT2D eigenvalue weighted by molar-refractivity contribution is 0.628. The van der Waals surface area contributed by atoms with Crippen LogP contribution in [0.1, 0.15) is 25.0 Å². The molecule has 2 nitrogen and oxygen atoms in total. The van der Waals surface area contributed by atoms with E-state index in [2.05, 4.69) is 189 Å². The third kappa shape index (κ3) is 5.61. The zero-order chi connectivity index (χ0) is 37.2. The molecule has 0 spiro atoms. The summed E-state index contributed by atoms with van der Waals surface area (Å²) in [5, 5.41) is 6.24. The van der Waals surface area contributed by atoms with Crippen molar-refractivity contribution in [3.8, 4) is 11.1 Å². The van der Waals surface area contributed by atoms with Crippen LogP contribution < -0.4 is 15.0 Å². The van der Waals surface area contributed by atoms with Gasteiger partial charge in [-0.3, -0.25) is 0 Å². The molecule has 1 aliphatic rings. The summed E-state index contributed by atoms with van der Waals surface area (Å²) in [6.07, 6.45) is 0. The second-order valence-electron chi connectivity index (χ2n) is 16.0. The van der Waals surface area contributed by atoms with Crippen molar-refractivity contribution >= 4 is 68.9 Å². The predicted molar refractivity (Wildman–Crippen MR) is 231 cm³/mol. The molecule has 1 aliphatic carbocycles. The van der Waals surface area contributed by atoms with E-state index >= 15 is 0 Å². The lowest BCUT2D eigenvalue weighted by atomic mass is 9.81. The molecule has 0 radical (unpaired) electrons. The highest BCUT2D eigenvalue weighted by Gasteiger charge is 2.38. The minimum Gasteiger partial charge on any atom is -0.310 e. The molecule has 4 heteroatoms. The molecule has 0 aliphatic heterocycles. The standard InChI is InChI=1S/C50H43FN2Si/c1-50(2)45-32-39(52(38-20-14-17-35(51)31-38)37-25-28-40(29-26-37)54(3,4)5)27-30-44(45)49-43-23-12-11-22-42(43)48(33-46(49)50)53(36-18-7-6-8-19-36)47-24-13-16-34-15-9-10-21-41(34)47/h6-33H,1-5H3. The van der Waals surface area contributed by atoms with Gasteiger partial charge in [0.05, 0.1) is 19.4 Å². The van der Waals surface area contributed by atoms with Crippen molar-refractivity contribution in [2.75, 3.05) is 9.80 Å². The molecule has 0 atom stereocenters. The molecule has 0 saturated carbocycles. The lowest BCUT2D eigenvalue weighted by Crippen LogP contribution is -2.37. The van der Waals surface area contributed by atoms with Gasteiger partial charge in [-0.1, -0.05) is 142 Å². The summed E-state index contributed by atoms with van der Waals surface area (Å²) in [5.74, 6) is -0.252. The first-order chi connectivity index (χ1) is 26.1. The Labute approximate surface area is 318 Å². The van der Waals surface area contributed by atoms with Crippen LogP contribution in [0.5, 0.6) is 0 Å². The van der Waals surface area contributed by atoms with Gasteiger partial charge in [0, 0.05) is 38.9 Å². The quantitative estimate of drug-likeness (QED) is 0.151. The summed E-state index contributed by atoms with van der Waals surface area (Å²) in [4.78, 5) is 4.63. The third-order valence-corrected chi connectivity index (χ3v) is 13.3. The molecule has 54 heavy (non-hydrogen) atoms. The zero-order valence-corrected chi connectivity index (χ0v) is 32.4. The van der Waals surface area contributed by atoms with Crippen LogP contribution in [0.3, 0.4) is 0 Å². The van der Waals surface area contributed by atoms with E-state index in [1.54, 1.807) is 12.1 Å². The van der Waals surface area contributed by atoms with Crippen molar-refractivity contribution in [2.24, 2.45) is 0 Å². The number of rotatable bonds is 7. The van der Waals surface area contributed by atoms with Crippen LogP contribution in [0.2, 0.25) is 19.6 Å². The monoisotopic (exact) mass is 718 g/mol. The average Bonchev–Trinajstić information content (AvgIpc) is 3.41. The Kier molecular flexibility index (Phi) is 8.06. The highest BCUT2D eigenvalue weighted by molar-refractivity contribution is 6.88. The Hall–Kier alpha value is -5.97. The van der Waals surface area contributed by atoms with Gasteiger partial charge < -0.3 is 9.80 Å². The second-order valence-corrected chi connectivity index (χ2v) is 21.1. The SMILES string of the molecule is CC1(C)c2cc(N(c3ccc([Si](C)(C)C)cc3)c3cccc(F)c3)ccc2-c2c1cc(N(c1ccccc1)c1cccc3ccccc13)c1ccccc21. The maximum atomic E-state index is 14.9. The number of fused-ring (bicyclic) bond motifs is 6. The number of anilines is 6. The van der Waals surface area contributed by atoms with Gasteiger partial charge in [-0.2, -0.15) is 0 Å². The molecule has 264 valence electrons. The van der Waals surface area contributed by atoms with E-state index in [-0.39, 0.29) is 11.2 Å².